The van der Waals surface area contributed by atoms with Gasteiger partial charge in [-0.1, -0.05) is 24.5 Å². The lowest BCUT2D eigenvalue weighted by Gasteiger charge is -2.29. The Hall–Kier alpha value is -1.88. The molecule has 2 aromatic rings. The van der Waals surface area contributed by atoms with Gasteiger partial charge in [0.1, 0.15) is 0 Å². The van der Waals surface area contributed by atoms with Gasteiger partial charge in [0.2, 0.25) is 0 Å². The normalized spacial score (nSPS) is 17.0. The van der Waals surface area contributed by atoms with E-state index in [2.05, 4.69) is 10.4 Å². The van der Waals surface area contributed by atoms with Gasteiger partial charge in [-0.3, -0.25) is 9.48 Å². The number of benzene rings is 1. The summed E-state index contributed by atoms with van der Waals surface area (Å²) in [5.74, 6) is -0.102. The van der Waals surface area contributed by atoms with E-state index in [0.717, 1.165) is 42.1 Å². The second-order valence-electron chi connectivity index (χ2n) is 6.37. The maximum atomic E-state index is 12.8. The van der Waals surface area contributed by atoms with Gasteiger partial charge in [-0.2, -0.15) is 5.10 Å². The van der Waals surface area contributed by atoms with Crippen molar-refractivity contribution in [2.24, 2.45) is 7.05 Å². The minimum absolute atomic E-state index is 0.102. The van der Waals surface area contributed by atoms with Crippen molar-refractivity contribution in [2.45, 2.75) is 38.1 Å². The highest BCUT2D eigenvalue weighted by molar-refractivity contribution is 6.05. The van der Waals surface area contributed by atoms with Crippen molar-refractivity contribution in [2.75, 3.05) is 13.7 Å². The maximum Gasteiger partial charge on any atom is 0.272 e. The molecule has 1 aliphatic rings. The second-order valence-corrected chi connectivity index (χ2v) is 6.37. The summed E-state index contributed by atoms with van der Waals surface area (Å²) in [5, 5.41) is 8.53. The zero-order chi connectivity index (χ0) is 15.7. The molecular weight excluding hydrogens is 278 g/mol. The number of fused-ring (bicyclic) bond motifs is 1. The SMILES string of the molecule is COCC1(NC(=O)c2nn(C)c3ccc(C)cc23)CCCC1. The van der Waals surface area contributed by atoms with Gasteiger partial charge < -0.3 is 10.1 Å². The fourth-order valence-corrected chi connectivity index (χ4v) is 3.48. The first-order chi connectivity index (χ1) is 10.5. The van der Waals surface area contributed by atoms with Crippen LogP contribution < -0.4 is 5.32 Å². The molecule has 0 spiro atoms. The largest absolute Gasteiger partial charge is 0.382 e. The summed E-state index contributed by atoms with van der Waals surface area (Å²) >= 11 is 0. The predicted molar refractivity (Wildman–Crippen MR) is 86.0 cm³/mol. The van der Waals surface area contributed by atoms with E-state index in [4.69, 9.17) is 4.74 Å². The summed E-state index contributed by atoms with van der Waals surface area (Å²) in [6.45, 7) is 2.58. The number of carbonyl (C=O) groups is 1. The number of amides is 1. The monoisotopic (exact) mass is 301 g/mol. The van der Waals surface area contributed by atoms with Crippen LogP contribution in [0.5, 0.6) is 0 Å². The molecule has 1 fully saturated rings. The minimum atomic E-state index is -0.237. The zero-order valence-electron chi connectivity index (χ0n) is 13.5. The highest BCUT2D eigenvalue weighted by Crippen LogP contribution is 2.30. The van der Waals surface area contributed by atoms with Gasteiger partial charge in [0.15, 0.2) is 5.69 Å². The lowest BCUT2D eigenvalue weighted by molar-refractivity contribution is 0.0763. The third-order valence-corrected chi connectivity index (χ3v) is 4.58. The Balaban J connectivity index is 1.93. The molecule has 0 unspecified atom stereocenters. The number of ether oxygens (including phenoxy) is 1. The van der Waals surface area contributed by atoms with Crippen LogP contribution in [0.25, 0.3) is 10.9 Å². The quantitative estimate of drug-likeness (QED) is 0.944. The van der Waals surface area contributed by atoms with Crippen LogP contribution in [0.4, 0.5) is 0 Å². The summed E-state index contributed by atoms with van der Waals surface area (Å²) < 4.78 is 7.10. The first kappa shape index (κ1) is 15.0. The van der Waals surface area contributed by atoms with Crippen LogP contribution >= 0.6 is 0 Å². The summed E-state index contributed by atoms with van der Waals surface area (Å²) in [4.78, 5) is 12.8. The molecule has 0 saturated heterocycles. The number of nitrogens with one attached hydrogen (secondary N) is 1. The Morgan fingerprint density at radius 2 is 2.14 bits per heavy atom. The zero-order valence-corrected chi connectivity index (χ0v) is 13.5. The topological polar surface area (TPSA) is 56.1 Å². The molecule has 1 aliphatic carbocycles. The van der Waals surface area contributed by atoms with Crippen molar-refractivity contribution in [3.05, 3.63) is 29.5 Å². The van der Waals surface area contributed by atoms with E-state index >= 15 is 0 Å². The molecule has 1 aromatic heterocycles. The molecule has 0 radical (unpaired) electrons. The molecule has 3 rings (SSSR count). The Labute approximate surface area is 130 Å². The number of carbonyl (C=O) groups excluding carboxylic acids is 1. The first-order valence-corrected chi connectivity index (χ1v) is 7.79. The number of hydrogen-bond donors (Lipinski definition) is 1. The van der Waals surface area contributed by atoms with Crippen LogP contribution in [0.2, 0.25) is 0 Å². The third-order valence-electron chi connectivity index (χ3n) is 4.58. The average Bonchev–Trinajstić information content (AvgIpc) is 3.05. The van der Waals surface area contributed by atoms with E-state index in [0.29, 0.717) is 12.3 Å². The van der Waals surface area contributed by atoms with Gasteiger partial charge >= 0.3 is 0 Å². The van der Waals surface area contributed by atoms with Gasteiger partial charge in [-0.25, -0.2) is 0 Å². The highest BCUT2D eigenvalue weighted by atomic mass is 16.5. The highest BCUT2D eigenvalue weighted by Gasteiger charge is 2.36. The smallest absolute Gasteiger partial charge is 0.272 e. The maximum absolute atomic E-state index is 12.8. The van der Waals surface area contributed by atoms with Gasteiger partial charge in [0.25, 0.3) is 5.91 Å². The molecule has 1 heterocycles. The second kappa shape index (κ2) is 5.72. The fourth-order valence-electron chi connectivity index (χ4n) is 3.48. The van der Waals surface area contributed by atoms with E-state index < -0.39 is 0 Å². The van der Waals surface area contributed by atoms with E-state index in [-0.39, 0.29) is 11.4 Å². The number of nitrogens with zero attached hydrogens (tertiary/aromatic N) is 2. The molecule has 0 atom stereocenters. The van der Waals surface area contributed by atoms with E-state index in [1.807, 2.05) is 32.2 Å². The molecule has 1 saturated carbocycles. The van der Waals surface area contributed by atoms with Gasteiger partial charge in [-0.05, 0) is 31.9 Å². The van der Waals surface area contributed by atoms with Gasteiger partial charge in [0.05, 0.1) is 17.7 Å². The lowest BCUT2D eigenvalue weighted by Crippen LogP contribution is -2.49. The van der Waals surface area contributed by atoms with Crippen molar-refractivity contribution in [1.29, 1.82) is 0 Å². The van der Waals surface area contributed by atoms with Crippen molar-refractivity contribution in [3.8, 4) is 0 Å². The summed E-state index contributed by atoms with van der Waals surface area (Å²) in [6.07, 6.45) is 4.20. The van der Waals surface area contributed by atoms with Crippen LogP contribution in [0.15, 0.2) is 18.2 Å². The Morgan fingerprint density at radius 3 is 2.82 bits per heavy atom. The molecule has 1 N–H and O–H groups in total. The third kappa shape index (κ3) is 2.61. The number of aromatic nitrogens is 2. The van der Waals surface area contributed by atoms with E-state index in [1.54, 1.807) is 11.8 Å². The van der Waals surface area contributed by atoms with Crippen LogP contribution in [0, 0.1) is 6.92 Å². The van der Waals surface area contributed by atoms with Gasteiger partial charge in [0, 0.05) is 19.5 Å². The molecule has 118 valence electrons. The Morgan fingerprint density at radius 1 is 1.41 bits per heavy atom. The lowest BCUT2D eigenvalue weighted by atomic mass is 9.98. The van der Waals surface area contributed by atoms with E-state index in [9.17, 15) is 4.79 Å². The molecule has 1 aromatic carbocycles. The first-order valence-electron chi connectivity index (χ1n) is 7.79. The summed E-state index contributed by atoms with van der Waals surface area (Å²) in [7, 11) is 3.56. The molecule has 0 bridgehead atoms. The predicted octanol–water partition coefficient (Wildman–Crippen LogP) is 2.57. The molecule has 0 aliphatic heterocycles. The number of methoxy groups -OCH3 is 1. The summed E-state index contributed by atoms with van der Waals surface area (Å²) in [6, 6.07) is 6.07. The van der Waals surface area contributed by atoms with Crippen LogP contribution in [0.3, 0.4) is 0 Å². The molecule has 5 heteroatoms. The fraction of sp³-hybridized carbons (Fsp3) is 0.529. The van der Waals surface area contributed by atoms with Crippen LogP contribution in [0.1, 0.15) is 41.7 Å². The molecule has 5 nitrogen and oxygen atoms in total. The van der Waals surface area contributed by atoms with Crippen molar-refractivity contribution < 1.29 is 9.53 Å². The number of aryl methyl sites for hydroxylation is 2. The van der Waals surface area contributed by atoms with Crippen LogP contribution in [-0.2, 0) is 11.8 Å². The van der Waals surface area contributed by atoms with Crippen molar-refractivity contribution in [1.82, 2.24) is 15.1 Å². The number of hydrogen-bond acceptors (Lipinski definition) is 3. The summed E-state index contributed by atoms with van der Waals surface area (Å²) in [5.41, 5.74) is 2.37. The van der Waals surface area contributed by atoms with Crippen LogP contribution in [-0.4, -0.2) is 34.9 Å². The average molecular weight is 301 g/mol. The van der Waals surface area contributed by atoms with Crippen molar-refractivity contribution >= 4 is 16.8 Å². The Bertz CT molecular complexity index is 699. The Kier molecular flexibility index (Phi) is 3.91. The number of rotatable bonds is 4. The van der Waals surface area contributed by atoms with E-state index in [1.165, 1.54) is 0 Å². The standard InChI is InChI=1S/C17H23N3O2/c1-12-6-7-14-13(10-12)15(19-20(14)2)16(21)18-17(11-22-3)8-4-5-9-17/h6-7,10H,4-5,8-9,11H2,1-3H3,(H,18,21). The van der Waals surface area contributed by atoms with Crippen molar-refractivity contribution in [3.63, 3.8) is 0 Å². The molecular formula is C17H23N3O2. The molecule has 22 heavy (non-hydrogen) atoms. The van der Waals surface area contributed by atoms with Gasteiger partial charge in [-0.15, -0.1) is 0 Å². The minimum Gasteiger partial charge on any atom is -0.382 e. The molecule has 1 amide bonds.